The molecular formula is C23H25N5O2S. The molecular weight excluding hydrogens is 410 g/mol. The zero-order valence-corrected chi connectivity index (χ0v) is 18.0. The van der Waals surface area contributed by atoms with Gasteiger partial charge < -0.3 is 10.2 Å². The van der Waals surface area contributed by atoms with Gasteiger partial charge in [-0.3, -0.25) is 14.6 Å². The van der Waals surface area contributed by atoms with Crippen molar-refractivity contribution in [2.24, 2.45) is 0 Å². The Kier molecular flexibility index (Phi) is 6.99. The largest absolute Gasteiger partial charge is 0.354 e. The van der Waals surface area contributed by atoms with Crippen molar-refractivity contribution in [2.45, 2.75) is 44.2 Å². The second-order valence-electron chi connectivity index (χ2n) is 7.66. The molecule has 2 aromatic heterocycles. The smallest absolute Gasteiger partial charge is 0.276 e. The number of rotatable bonds is 8. The van der Waals surface area contributed by atoms with E-state index in [1.54, 1.807) is 28.7 Å². The van der Waals surface area contributed by atoms with Crippen LogP contribution in [-0.2, 0) is 11.2 Å². The van der Waals surface area contributed by atoms with E-state index < -0.39 is 6.04 Å². The highest BCUT2D eigenvalue weighted by atomic mass is 32.1. The quantitative estimate of drug-likeness (QED) is 0.586. The van der Waals surface area contributed by atoms with Gasteiger partial charge in [-0.25, -0.2) is 0 Å². The third-order valence-corrected chi connectivity index (χ3v) is 6.12. The molecule has 8 heteroatoms. The van der Waals surface area contributed by atoms with Crippen LogP contribution in [0.5, 0.6) is 0 Å². The van der Waals surface area contributed by atoms with Crippen molar-refractivity contribution >= 4 is 23.3 Å². The van der Waals surface area contributed by atoms with E-state index in [1.807, 2.05) is 36.4 Å². The molecule has 31 heavy (non-hydrogen) atoms. The van der Waals surface area contributed by atoms with Crippen LogP contribution in [0.3, 0.4) is 0 Å². The summed E-state index contributed by atoms with van der Waals surface area (Å²) in [7, 11) is 0. The highest BCUT2D eigenvalue weighted by Gasteiger charge is 2.38. The maximum atomic E-state index is 13.4. The SMILES string of the molecule is O=C(NCCc1ccccc1)C(c1cccnc1)N(C(=O)c1csnn1)C1CCCC1. The van der Waals surface area contributed by atoms with Crippen molar-refractivity contribution in [1.29, 1.82) is 0 Å². The van der Waals surface area contributed by atoms with E-state index >= 15 is 0 Å². The molecule has 4 rings (SSSR count). The second kappa shape index (κ2) is 10.3. The van der Waals surface area contributed by atoms with Gasteiger partial charge >= 0.3 is 0 Å². The summed E-state index contributed by atoms with van der Waals surface area (Å²) in [5.74, 6) is -0.458. The number of aromatic nitrogens is 3. The summed E-state index contributed by atoms with van der Waals surface area (Å²) >= 11 is 1.13. The topological polar surface area (TPSA) is 88.1 Å². The highest BCUT2D eigenvalue weighted by Crippen LogP contribution is 2.32. The van der Waals surface area contributed by atoms with Crippen LogP contribution in [0.15, 0.2) is 60.2 Å². The van der Waals surface area contributed by atoms with Gasteiger partial charge in [0, 0.05) is 35.9 Å². The molecule has 0 aliphatic heterocycles. The summed E-state index contributed by atoms with van der Waals surface area (Å²) < 4.78 is 3.84. The maximum Gasteiger partial charge on any atom is 0.276 e. The molecule has 0 saturated heterocycles. The van der Waals surface area contributed by atoms with E-state index in [4.69, 9.17) is 0 Å². The number of benzene rings is 1. The number of pyridine rings is 1. The van der Waals surface area contributed by atoms with Crippen molar-refractivity contribution in [2.75, 3.05) is 6.54 Å². The van der Waals surface area contributed by atoms with Crippen molar-refractivity contribution in [3.63, 3.8) is 0 Å². The molecule has 1 N–H and O–H groups in total. The van der Waals surface area contributed by atoms with E-state index in [1.165, 1.54) is 0 Å². The molecule has 2 heterocycles. The molecule has 0 bridgehead atoms. The van der Waals surface area contributed by atoms with Gasteiger partial charge in [0.05, 0.1) is 0 Å². The third-order valence-electron chi connectivity index (χ3n) is 5.61. The van der Waals surface area contributed by atoms with Crippen LogP contribution < -0.4 is 5.32 Å². The number of hydrogen-bond donors (Lipinski definition) is 1. The molecule has 160 valence electrons. The van der Waals surface area contributed by atoms with Crippen molar-refractivity contribution in [3.8, 4) is 0 Å². The van der Waals surface area contributed by atoms with E-state index in [9.17, 15) is 9.59 Å². The fraction of sp³-hybridized carbons (Fsp3) is 0.348. The molecule has 1 fully saturated rings. The lowest BCUT2D eigenvalue weighted by molar-refractivity contribution is -0.126. The summed E-state index contributed by atoms with van der Waals surface area (Å²) in [6, 6.07) is 12.9. The van der Waals surface area contributed by atoms with Gasteiger partial charge in [0.1, 0.15) is 6.04 Å². The standard InChI is InChI=1S/C23H25N5O2S/c29-22(25-14-12-17-7-2-1-3-8-17)21(18-9-6-13-24-15-18)28(19-10-4-5-11-19)23(30)20-16-31-27-26-20/h1-3,6-9,13,15-16,19,21H,4-5,10-12,14H2,(H,25,29). The zero-order valence-electron chi connectivity index (χ0n) is 17.2. The van der Waals surface area contributed by atoms with Crippen LogP contribution in [0.25, 0.3) is 0 Å². The Labute approximate surface area is 185 Å². The minimum Gasteiger partial charge on any atom is -0.354 e. The van der Waals surface area contributed by atoms with Gasteiger partial charge in [-0.2, -0.15) is 0 Å². The molecule has 1 saturated carbocycles. The molecule has 1 unspecified atom stereocenters. The number of nitrogens with zero attached hydrogens (tertiary/aromatic N) is 4. The number of carbonyl (C=O) groups excluding carboxylic acids is 2. The highest BCUT2D eigenvalue weighted by molar-refractivity contribution is 7.03. The lowest BCUT2D eigenvalue weighted by Crippen LogP contribution is -2.48. The van der Waals surface area contributed by atoms with Gasteiger partial charge in [0.2, 0.25) is 5.91 Å². The van der Waals surface area contributed by atoms with E-state index in [0.717, 1.165) is 49.2 Å². The van der Waals surface area contributed by atoms with Gasteiger partial charge in [0.15, 0.2) is 5.69 Å². The molecule has 0 radical (unpaired) electrons. The Balaban J connectivity index is 1.60. The molecule has 1 aromatic carbocycles. The average Bonchev–Trinajstić information content (AvgIpc) is 3.53. The summed E-state index contributed by atoms with van der Waals surface area (Å²) in [5, 5.41) is 8.65. The minimum absolute atomic E-state index is 0.0146. The predicted octanol–water partition coefficient (Wildman–Crippen LogP) is 3.42. The predicted molar refractivity (Wildman–Crippen MR) is 118 cm³/mol. The lowest BCUT2D eigenvalue weighted by Gasteiger charge is -2.35. The van der Waals surface area contributed by atoms with E-state index in [0.29, 0.717) is 12.1 Å². The normalized spacial score (nSPS) is 14.8. The first-order valence-corrected chi connectivity index (χ1v) is 11.4. The third kappa shape index (κ3) is 5.14. The Morgan fingerprint density at radius 3 is 2.61 bits per heavy atom. The second-order valence-corrected chi connectivity index (χ2v) is 8.27. The first-order valence-electron chi connectivity index (χ1n) is 10.6. The zero-order chi connectivity index (χ0) is 21.5. The molecule has 7 nitrogen and oxygen atoms in total. The summed E-state index contributed by atoms with van der Waals surface area (Å²) in [6.45, 7) is 0.491. The Morgan fingerprint density at radius 1 is 1.13 bits per heavy atom. The van der Waals surface area contributed by atoms with E-state index in [-0.39, 0.29) is 23.6 Å². The summed E-state index contributed by atoms with van der Waals surface area (Å²) in [4.78, 5) is 32.8. The van der Waals surface area contributed by atoms with Crippen LogP contribution in [0.4, 0.5) is 0 Å². The summed E-state index contributed by atoms with van der Waals surface area (Å²) in [6.07, 6.45) is 7.88. The van der Waals surface area contributed by atoms with Crippen molar-refractivity contribution < 1.29 is 9.59 Å². The Hall–Kier alpha value is -3.13. The minimum atomic E-state index is -0.762. The first kappa shape index (κ1) is 21.1. The van der Waals surface area contributed by atoms with Gasteiger partial charge in [0.25, 0.3) is 5.91 Å². The molecule has 1 aliphatic rings. The van der Waals surface area contributed by atoms with Crippen LogP contribution in [0, 0.1) is 0 Å². The van der Waals surface area contributed by atoms with Gasteiger partial charge in [-0.1, -0.05) is 53.7 Å². The van der Waals surface area contributed by atoms with Crippen LogP contribution in [0.1, 0.15) is 53.3 Å². The summed E-state index contributed by atoms with van der Waals surface area (Å²) in [5.41, 5.74) is 2.13. The van der Waals surface area contributed by atoms with Crippen molar-refractivity contribution in [3.05, 3.63) is 77.1 Å². The molecule has 3 aromatic rings. The van der Waals surface area contributed by atoms with Crippen molar-refractivity contribution in [1.82, 2.24) is 24.8 Å². The number of nitrogens with one attached hydrogen (secondary N) is 1. The number of carbonyl (C=O) groups is 2. The Bertz CT molecular complexity index is 976. The number of amides is 2. The molecule has 1 aliphatic carbocycles. The molecule has 1 atom stereocenters. The monoisotopic (exact) mass is 435 g/mol. The maximum absolute atomic E-state index is 13.4. The van der Waals surface area contributed by atoms with Crippen LogP contribution >= 0.6 is 11.5 Å². The number of hydrogen-bond acceptors (Lipinski definition) is 6. The fourth-order valence-electron chi connectivity index (χ4n) is 4.11. The molecule has 2 amide bonds. The van der Waals surface area contributed by atoms with Gasteiger partial charge in [-0.05, 0) is 42.4 Å². The first-order chi connectivity index (χ1) is 15.2. The van der Waals surface area contributed by atoms with Crippen LogP contribution in [-0.4, -0.2) is 43.9 Å². The van der Waals surface area contributed by atoms with Crippen LogP contribution in [0.2, 0.25) is 0 Å². The lowest BCUT2D eigenvalue weighted by atomic mass is 10.0. The Morgan fingerprint density at radius 2 is 1.94 bits per heavy atom. The van der Waals surface area contributed by atoms with Gasteiger partial charge in [-0.15, -0.1) is 5.10 Å². The fourth-order valence-corrected chi connectivity index (χ4v) is 4.54. The van der Waals surface area contributed by atoms with E-state index in [2.05, 4.69) is 19.9 Å². The molecule has 0 spiro atoms. The average molecular weight is 436 g/mol.